The molecule has 1 aromatic rings. The molecular weight excluding hydrogens is 311 g/mol. The van der Waals surface area contributed by atoms with Crippen LogP contribution in [-0.2, 0) is 0 Å². The van der Waals surface area contributed by atoms with E-state index in [0.717, 1.165) is 0 Å². The van der Waals surface area contributed by atoms with Crippen molar-refractivity contribution in [2.75, 3.05) is 0 Å². The molecule has 0 heterocycles. The molecule has 15 heteroatoms. The van der Waals surface area contributed by atoms with Gasteiger partial charge >= 0.3 is 40.9 Å². The number of nitro benzene ring substituents is 3. The van der Waals surface area contributed by atoms with E-state index in [1.165, 1.54) is 0 Å². The number of phenols is 1. The van der Waals surface area contributed by atoms with Crippen LogP contribution in [0.1, 0.15) is 1.43 Å². The van der Waals surface area contributed by atoms with Crippen LogP contribution in [0, 0.1) is 40.5 Å². The first-order chi connectivity index (χ1) is 9.07. The maximum atomic E-state index is 10.4. The molecular formula is C6H5N4NaO10. The van der Waals surface area contributed by atoms with Crippen LogP contribution in [0.25, 0.3) is 0 Å². The topological polar surface area (TPSA) is 213 Å². The summed E-state index contributed by atoms with van der Waals surface area (Å²) in [7, 11) is 0. The van der Waals surface area contributed by atoms with Crippen molar-refractivity contribution in [3.8, 4) is 5.75 Å². The van der Waals surface area contributed by atoms with Gasteiger partial charge in [0.2, 0.25) is 0 Å². The fourth-order valence-corrected chi connectivity index (χ4v) is 0.974. The van der Waals surface area contributed by atoms with Crippen LogP contribution in [0.3, 0.4) is 0 Å². The molecule has 110 valence electrons. The number of benzene rings is 1. The molecule has 0 saturated heterocycles. The summed E-state index contributed by atoms with van der Waals surface area (Å²) < 4.78 is 0. The monoisotopic (exact) mass is 316 g/mol. The molecule has 0 saturated carbocycles. The van der Waals surface area contributed by atoms with Gasteiger partial charge in [0.15, 0.2) is 0 Å². The molecule has 0 bridgehead atoms. The molecule has 0 amide bonds. The van der Waals surface area contributed by atoms with Crippen LogP contribution < -0.4 is 29.6 Å². The Bertz CT molecular complexity index is 556. The first-order valence-corrected chi connectivity index (χ1v) is 4.21. The molecule has 2 N–H and O–H groups in total. The number of hydrogen-bond acceptors (Lipinski definition) is 9. The Labute approximate surface area is 136 Å². The van der Waals surface area contributed by atoms with Gasteiger partial charge in [-0.15, -0.1) is 10.1 Å². The van der Waals surface area contributed by atoms with Crippen molar-refractivity contribution < 1.29 is 61.2 Å². The van der Waals surface area contributed by atoms with Gasteiger partial charge in [0.1, 0.15) is 0 Å². The van der Waals surface area contributed by atoms with Crippen LogP contribution in [0.15, 0.2) is 12.1 Å². The number of phenolic OH excluding ortho intramolecular Hbond substituents is 1. The fraction of sp³-hybridized carbons (Fsp3) is 0. The van der Waals surface area contributed by atoms with Crippen molar-refractivity contribution in [3.05, 3.63) is 52.6 Å². The Morgan fingerprint density at radius 3 is 1.33 bits per heavy atom. The molecule has 0 aliphatic carbocycles. The van der Waals surface area contributed by atoms with Crippen LogP contribution in [0.4, 0.5) is 17.1 Å². The zero-order valence-electron chi connectivity index (χ0n) is 11.1. The van der Waals surface area contributed by atoms with E-state index in [-0.39, 0.29) is 31.0 Å². The first-order valence-electron chi connectivity index (χ1n) is 4.21. The maximum Gasteiger partial charge on any atom is 1.00 e. The zero-order valence-corrected chi connectivity index (χ0v) is 12.1. The normalized spacial score (nSPS) is 8.57. The number of non-ortho nitro benzene ring substituents is 1. The molecule has 14 nitrogen and oxygen atoms in total. The summed E-state index contributed by atoms with van der Waals surface area (Å²) in [5.41, 5.74) is -3.00. The van der Waals surface area contributed by atoms with Crippen LogP contribution in [0.2, 0.25) is 0 Å². The standard InChI is InChI=1S/C6H3N3O7.HNO3.Na.H/c10-6-4(8(13)14)1-3(7(11)12)2-5(6)9(15)16;2-1(3)4;;/h1-2,10H;(H,2,3,4);;/q;;+1;-1. The van der Waals surface area contributed by atoms with E-state index < -0.39 is 42.7 Å². The number of aromatic hydroxyl groups is 1. The summed E-state index contributed by atoms with van der Waals surface area (Å²) in [4.78, 5) is 36.1. The minimum absolute atomic E-state index is 0. The third-order valence-electron chi connectivity index (χ3n) is 1.66. The van der Waals surface area contributed by atoms with Gasteiger partial charge in [-0.05, 0) is 0 Å². The zero-order chi connectivity index (χ0) is 16.0. The minimum Gasteiger partial charge on any atom is -1.00 e. The third-order valence-corrected chi connectivity index (χ3v) is 1.66. The van der Waals surface area contributed by atoms with Gasteiger partial charge in [-0.3, -0.25) is 30.3 Å². The molecule has 21 heavy (non-hydrogen) atoms. The van der Waals surface area contributed by atoms with Crippen molar-refractivity contribution in [3.63, 3.8) is 0 Å². The first kappa shape index (κ1) is 20.7. The summed E-state index contributed by atoms with van der Waals surface area (Å²) in [6.07, 6.45) is 0. The summed E-state index contributed by atoms with van der Waals surface area (Å²) in [6, 6.07) is 0.894. The van der Waals surface area contributed by atoms with Gasteiger partial charge in [0.25, 0.3) is 16.5 Å². The summed E-state index contributed by atoms with van der Waals surface area (Å²) in [5, 5.41) is 53.9. The maximum absolute atomic E-state index is 10.4. The van der Waals surface area contributed by atoms with E-state index in [4.69, 9.17) is 20.4 Å². The molecule has 0 atom stereocenters. The molecule has 1 rings (SSSR count). The predicted molar refractivity (Wildman–Crippen MR) is 58.0 cm³/mol. The van der Waals surface area contributed by atoms with Crippen LogP contribution >= 0.6 is 0 Å². The third kappa shape index (κ3) is 6.41. The quantitative estimate of drug-likeness (QED) is 0.351. The second-order valence-corrected chi connectivity index (χ2v) is 2.84. The van der Waals surface area contributed by atoms with Gasteiger partial charge in [-0.1, -0.05) is 0 Å². The fourth-order valence-electron chi connectivity index (χ4n) is 0.974. The minimum atomic E-state index is -1.50. The molecule has 0 aromatic heterocycles. The van der Waals surface area contributed by atoms with Crippen LogP contribution in [-0.4, -0.2) is 30.2 Å². The average Bonchev–Trinajstić information content (AvgIpc) is 2.27. The Morgan fingerprint density at radius 2 is 1.14 bits per heavy atom. The Hall–Kier alpha value is -2.58. The Kier molecular flexibility index (Phi) is 8.45. The number of nitrogens with zero attached hydrogens (tertiary/aromatic N) is 4. The van der Waals surface area contributed by atoms with Gasteiger partial charge in [-0.25, -0.2) is 0 Å². The number of nitro groups is 3. The molecule has 0 unspecified atom stereocenters. The molecule has 0 aliphatic heterocycles. The van der Waals surface area contributed by atoms with Gasteiger partial charge < -0.3 is 11.7 Å². The van der Waals surface area contributed by atoms with E-state index in [1.54, 1.807) is 0 Å². The van der Waals surface area contributed by atoms with Gasteiger partial charge in [-0.2, -0.15) is 0 Å². The van der Waals surface area contributed by atoms with Crippen molar-refractivity contribution >= 4 is 17.1 Å². The Morgan fingerprint density at radius 1 is 0.857 bits per heavy atom. The molecule has 0 aliphatic rings. The van der Waals surface area contributed by atoms with Gasteiger partial charge in [0.05, 0.1) is 26.9 Å². The summed E-state index contributed by atoms with van der Waals surface area (Å²) in [5.74, 6) is -1.21. The van der Waals surface area contributed by atoms with Crippen molar-refractivity contribution in [1.82, 2.24) is 0 Å². The smallest absolute Gasteiger partial charge is 1.00 e. The van der Waals surface area contributed by atoms with E-state index in [9.17, 15) is 30.3 Å². The van der Waals surface area contributed by atoms with E-state index in [1.807, 2.05) is 0 Å². The van der Waals surface area contributed by atoms with Crippen LogP contribution in [0.5, 0.6) is 5.75 Å². The molecule has 0 fully saturated rings. The second kappa shape index (κ2) is 8.56. The summed E-state index contributed by atoms with van der Waals surface area (Å²) >= 11 is 0. The number of rotatable bonds is 3. The van der Waals surface area contributed by atoms with E-state index in [2.05, 4.69) is 0 Å². The van der Waals surface area contributed by atoms with E-state index >= 15 is 0 Å². The molecule has 0 radical (unpaired) electrons. The van der Waals surface area contributed by atoms with Crippen molar-refractivity contribution in [1.29, 1.82) is 0 Å². The Balaban J connectivity index is -0.000000538. The molecule has 1 aromatic carbocycles. The van der Waals surface area contributed by atoms with Crippen molar-refractivity contribution in [2.24, 2.45) is 0 Å². The second-order valence-electron chi connectivity index (χ2n) is 2.84. The average molecular weight is 316 g/mol. The number of hydrogen-bond donors (Lipinski definition) is 2. The van der Waals surface area contributed by atoms with Crippen molar-refractivity contribution in [2.45, 2.75) is 0 Å². The largest absolute Gasteiger partial charge is 1.00 e. The summed E-state index contributed by atoms with van der Waals surface area (Å²) in [6.45, 7) is 0. The molecule has 0 spiro atoms. The van der Waals surface area contributed by atoms with E-state index in [0.29, 0.717) is 12.1 Å². The van der Waals surface area contributed by atoms with Gasteiger partial charge in [0, 0.05) is 0 Å². The SMILES string of the molecule is O=[N+]([O-])O.O=[N+]([O-])c1cc([N+](=O)[O-])c(O)c([N+](=O)[O-])c1.[H-].[Na+]. The predicted octanol–water partition coefficient (Wildman–Crippen LogP) is -2.11.